The van der Waals surface area contributed by atoms with Crippen LogP contribution in [0.15, 0.2) is 47.2 Å². The summed E-state index contributed by atoms with van der Waals surface area (Å²) in [5, 5.41) is 5.47. The maximum absolute atomic E-state index is 4.60. The largest absolute Gasteiger partial charge is 0.353 e. The van der Waals surface area contributed by atoms with Gasteiger partial charge in [0.05, 0.1) is 12.2 Å². The van der Waals surface area contributed by atoms with Gasteiger partial charge < -0.3 is 15.1 Å². The number of aromatic nitrogens is 3. The van der Waals surface area contributed by atoms with Crippen LogP contribution in [0.2, 0.25) is 0 Å². The molecule has 0 amide bonds. The van der Waals surface area contributed by atoms with Crippen molar-refractivity contribution in [2.24, 2.45) is 4.99 Å². The minimum absolute atomic E-state index is 0. The molecule has 1 saturated heterocycles. The highest BCUT2D eigenvalue weighted by Crippen LogP contribution is 2.13. The number of imidazole rings is 1. The highest BCUT2D eigenvalue weighted by molar-refractivity contribution is 14.0. The second-order valence-corrected chi connectivity index (χ2v) is 6.76. The second-order valence-electron chi connectivity index (χ2n) is 5.89. The van der Waals surface area contributed by atoms with Crippen LogP contribution in [-0.2, 0) is 6.54 Å². The fourth-order valence-corrected chi connectivity index (χ4v) is 3.77. The van der Waals surface area contributed by atoms with Gasteiger partial charge in [-0.05, 0) is 12.1 Å². The SMILES string of the molecule is CN=C(NCc1cn2ccsc2n1)N1CCN(c2ccccn2)CC1.I. The molecular formula is C17H22IN7S. The molecule has 0 unspecified atom stereocenters. The lowest BCUT2D eigenvalue weighted by atomic mass is 10.3. The molecule has 1 aliphatic heterocycles. The van der Waals surface area contributed by atoms with Gasteiger partial charge in [-0.15, -0.1) is 35.3 Å². The molecule has 7 nitrogen and oxygen atoms in total. The second kappa shape index (κ2) is 8.67. The molecule has 0 aromatic carbocycles. The summed E-state index contributed by atoms with van der Waals surface area (Å²) < 4.78 is 2.05. The lowest BCUT2D eigenvalue weighted by Gasteiger charge is -2.37. The zero-order chi connectivity index (χ0) is 17.1. The van der Waals surface area contributed by atoms with Crippen LogP contribution in [0.3, 0.4) is 0 Å². The Morgan fingerprint density at radius 1 is 1.27 bits per heavy atom. The molecule has 0 saturated carbocycles. The monoisotopic (exact) mass is 483 g/mol. The molecule has 138 valence electrons. The Balaban J connectivity index is 0.00000196. The Kier molecular flexibility index (Phi) is 6.30. The zero-order valence-electron chi connectivity index (χ0n) is 14.6. The number of nitrogens with one attached hydrogen (secondary N) is 1. The number of pyridine rings is 1. The summed E-state index contributed by atoms with van der Waals surface area (Å²) in [6.07, 6.45) is 5.94. The summed E-state index contributed by atoms with van der Waals surface area (Å²) in [7, 11) is 1.83. The standard InChI is InChI=1S/C17H21N7S.HI/c1-18-16(20-12-14-13-24-10-11-25-17(24)21-14)23-8-6-22(7-9-23)15-4-2-3-5-19-15;/h2-5,10-11,13H,6-9,12H2,1H3,(H,18,20);1H. The first-order chi connectivity index (χ1) is 12.3. The highest BCUT2D eigenvalue weighted by Gasteiger charge is 2.20. The van der Waals surface area contributed by atoms with Crippen molar-refractivity contribution in [3.63, 3.8) is 0 Å². The van der Waals surface area contributed by atoms with Gasteiger partial charge in [0.1, 0.15) is 5.82 Å². The summed E-state index contributed by atoms with van der Waals surface area (Å²) in [5.74, 6) is 1.97. The van der Waals surface area contributed by atoms with Gasteiger partial charge >= 0.3 is 0 Å². The maximum atomic E-state index is 4.60. The van der Waals surface area contributed by atoms with Crippen LogP contribution in [0.1, 0.15) is 5.69 Å². The number of thiazole rings is 1. The van der Waals surface area contributed by atoms with Crippen molar-refractivity contribution in [2.45, 2.75) is 6.54 Å². The fraction of sp³-hybridized carbons (Fsp3) is 0.353. The first-order valence-corrected chi connectivity index (χ1v) is 9.24. The van der Waals surface area contributed by atoms with Crippen molar-refractivity contribution < 1.29 is 0 Å². The van der Waals surface area contributed by atoms with Crippen LogP contribution >= 0.6 is 35.3 Å². The van der Waals surface area contributed by atoms with E-state index in [4.69, 9.17) is 0 Å². The van der Waals surface area contributed by atoms with Crippen LogP contribution < -0.4 is 10.2 Å². The third-order valence-corrected chi connectivity index (χ3v) is 5.11. The summed E-state index contributed by atoms with van der Waals surface area (Å²) in [4.78, 5) is 19.1. The van der Waals surface area contributed by atoms with Gasteiger partial charge in [-0.2, -0.15) is 0 Å². The predicted molar refractivity (Wildman–Crippen MR) is 117 cm³/mol. The molecule has 0 bridgehead atoms. The van der Waals surface area contributed by atoms with Crippen LogP contribution in [0.25, 0.3) is 4.96 Å². The molecule has 1 fully saturated rings. The molecule has 0 atom stereocenters. The number of fused-ring (bicyclic) bond motifs is 1. The van der Waals surface area contributed by atoms with Crippen LogP contribution in [0.5, 0.6) is 0 Å². The molecule has 3 aromatic heterocycles. The number of piperazine rings is 1. The van der Waals surface area contributed by atoms with Gasteiger partial charge in [0.2, 0.25) is 0 Å². The van der Waals surface area contributed by atoms with Crippen LogP contribution in [0, 0.1) is 0 Å². The van der Waals surface area contributed by atoms with Crippen LogP contribution in [-0.4, -0.2) is 58.5 Å². The van der Waals surface area contributed by atoms with Crippen molar-refractivity contribution in [3.8, 4) is 0 Å². The van der Waals surface area contributed by atoms with E-state index in [2.05, 4.69) is 46.7 Å². The predicted octanol–water partition coefficient (Wildman–Crippen LogP) is 2.31. The Morgan fingerprint density at radius 3 is 2.81 bits per heavy atom. The molecule has 0 spiro atoms. The van der Waals surface area contributed by atoms with E-state index in [1.807, 2.05) is 37.0 Å². The minimum Gasteiger partial charge on any atom is -0.353 e. The van der Waals surface area contributed by atoms with E-state index in [-0.39, 0.29) is 24.0 Å². The van der Waals surface area contributed by atoms with Gasteiger partial charge in [0.25, 0.3) is 0 Å². The van der Waals surface area contributed by atoms with Gasteiger partial charge in [0, 0.05) is 57.2 Å². The van der Waals surface area contributed by atoms with E-state index in [0.29, 0.717) is 6.54 Å². The van der Waals surface area contributed by atoms with E-state index >= 15 is 0 Å². The number of rotatable bonds is 3. The lowest BCUT2D eigenvalue weighted by molar-refractivity contribution is 0.371. The number of anilines is 1. The number of halogens is 1. The Bertz CT molecular complexity index is 824. The van der Waals surface area contributed by atoms with Crippen molar-refractivity contribution in [3.05, 3.63) is 47.9 Å². The number of nitrogens with zero attached hydrogens (tertiary/aromatic N) is 6. The normalized spacial score (nSPS) is 15.2. The average molecular weight is 483 g/mol. The Labute approximate surface area is 173 Å². The van der Waals surface area contributed by atoms with Gasteiger partial charge in [-0.1, -0.05) is 6.07 Å². The molecule has 3 aromatic rings. The molecule has 26 heavy (non-hydrogen) atoms. The summed E-state index contributed by atoms with van der Waals surface area (Å²) >= 11 is 1.65. The molecule has 4 heterocycles. The van der Waals surface area contributed by atoms with E-state index in [1.54, 1.807) is 11.3 Å². The number of aliphatic imine (C=N–C) groups is 1. The van der Waals surface area contributed by atoms with Crippen LogP contribution in [0.4, 0.5) is 5.82 Å². The maximum Gasteiger partial charge on any atom is 0.194 e. The first kappa shape index (κ1) is 18.9. The smallest absolute Gasteiger partial charge is 0.194 e. The van der Waals surface area contributed by atoms with Gasteiger partial charge in [0.15, 0.2) is 10.9 Å². The molecule has 4 rings (SSSR count). The Hall–Kier alpha value is -1.88. The Morgan fingerprint density at radius 2 is 2.12 bits per heavy atom. The lowest BCUT2D eigenvalue weighted by Crippen LogP contribution is -2.52. The zero-order valence-corrected chi connectivity index (χ0v) is 17.7. The molecular weight excluding hydrogens is 461 g/mol. The summed E-state index contributed by atoms with van der Waals surface area (Å²) in [6, 6.07) is 6.05. The van der Waals surface area contributed by atoms with E-state index in [0.717, 1.165) is 48.6 Å². The topological polar surface area (TPSA) is 61.1 Å². The van der Waals surface area contributed by atoms with Crippen molar-refractivity contribution in [2.75, 3.05) is 38.1 Å². The summed E-state index contributed by atoms with van der Waals surface area (Å²) in [5.41, 5.74) is 1.03. The molecule has 9 heteroatoms. The molecule has 1 N–H and O–H groups in total. The van der Waals surface area contributed by atoms with Crippen molar-refractivity contribution in [1.82, 2.24) is 24.6 Å². The fourth-order valence-electron chi connectivity index (χ4n) is 3.05. The number of hydrogen-bond acceptors (Lipinski definition) is 5. The molecule has 1 aliphatic rings. The van der Waals surface area contributed by atoms with E-state index in [9.17, 15) is 0 Å². The van der Waals surface area contributed by atoms with Crippen molar-refractivity contribution >= 4 is 52.1 Å². The van der Waals surface area contributed by atoms with E-state index < -0.39 is 0 Å². The first-order valence-electron chi connectivity index (χ1n) is 8.36. The van der Waals surface area contributed by atoms with Crippen molar-refractivity contribution in [1.29, 1.82) is 0 Å². The third-order valence-electron chi connectivity index (χ3n) is 4.34. The summed E-state index contributed by atoms with van der Waals surface area (Å²) in [6.45, 7) is 4.42. The molecule has 0 aliphatic carbocycles. The highest BCUT2D eigenvalue weighted by atomic mass is 127. The van der Waals surface area contributed by atoms with E-state index in [1.165, 1.54) is 0 Å². The number of hydrogen-bond donors (Lipinski definition) is 1. The molecule has 0 radical (unpaired) electrons. The van der Waals surface area contributed by atoms with Gasteiger partial charge in [-0.25, -0.2) is 9.97 Å². The average Bonchev–Trinajstić information content (AvgIpc) is 3.25. The number of guanidine groups is 1. The minimum atomic E-state index is 0. The third kappa shape index (κ3) is 4.09. The quantitative estimate of drug-likeness (QED) is 0.352. The van der Waals surface area contributed by atoms with Gasteiger partial charge in [-0.3, -0.25) is 9.39 Å².